The van der Waals surface area contributed by atoms with Crippen LogP contribution in [0.15, 0.2) is 24.6 Å². The van der Waals surface area contributed by atoms with Crippen LogP contribution in [0.4, 0.5) is 0 Å². The first-order chi connectivity index (χ1) is 8.24. The molecule has 0 heterocycles. The van der Waals surface area contributed by atoms with Crippen LogP contribution in [0.3, 0.4) is 0 Å². The van der Waals surface area contributed by atoms with Gasteiger partial charge in [0.2, 0.25) is 0 Å². The summed E-state index contributed by atoms with van der Waals surface area (Å²) in [6, 6.07) is 2.76. The molecule has 0 nitrogen and oxygen atoms in total. The van der Waals surface area contributed by atoms with Crippen LogP contribution >= 0.6 is 0 Å². The molecule has 0 radical (unpaired) electrons. The Hall–Kier alpha value is -0.303. The van der Waals surface area contributed by atoms with Crippen LogP contribution in [0.2, 0.25) is 12.1 Å². The Kier molecular flexibility index (Phi) is 10.6. The fraction of sp³-hybridized carbons (Fsp3) is 0.750. The van der Waals surface area contributed by atoms with E-state index in [4.69, 9.17) is 0 Å². The Labute approximate surface area is 110 Å². The van der Waals surface area contributed by atoms with Crippen molar-refractivity contribution in [1.29, 1.82) is 0 Å². The molecule has 0 aromatic carbocycles. The molecule has 0 aliphatic carbocycles. The van der Waals surface area contributed by atoms with E-state index in [2.05, 4.69) is 38.4 Å². The SMILES string of the molecule is C=C[Si](C=C)(CCCCC)CCCCCCC. The average molecular weight is 253 g/mol. The van der Waals surface area contributed by atoms with Crippen molar-refractivity contribution in [1.82, 2.24) is 0 Å². The molecule has 0 N–H and O–H groups in total. The fourth-order valence-corrected chi connectivity index (χ4v) is 5.43. The van der Waals surface area contributed by atoms with Gasteiger partial charge in [0.25, 0.3) is 0 Å². The van der Waals surface area contributed by atoms with E-state index in [1.54, 1.807) is 0 Å². The molecule has 0 aromatic rings. The largest absolute Gasteiger partial charge is 0.107 e. The summed E-state index contributed by atoms with van der Waals surface area (Å²) in [5.41, 5.74) is 4.55. The molecular weight excluding hydrogens is 220 g/mol. The summed E-state index contributed by atoms with van der Waals surface area (Å²) >= 11 is 0. The molecule has 0 amide bonds. The first kappa shape index (κ1) is 16.7. The molecule has 0 saturated heterocycles. The van der Waals surface area contributed by atoms with Gasteiger partial charge in [-0.2, -0.15) is 0 Å². The summed E-state index contributed by atoms with van der Waals surface area (Å²) < 4.78 is 0. The lowest BCUT2D eigenvalue weighted by molar-refractivity contribution is 0.652. The zero-order chi connectivity index (χ0) is 13.0. The third-order valence-corrected chi connectivity index (χ3v) is 8.00. The van der Waals surface area contributed by atoms with E-state index >= 15 is 0 Å². The quantitative estimate of drug-likeness (QED) is 0.293. The van der Waals surface area contributed by atoms with Crippen molar-refractivity contribution in [3.63, 3.8) is 0 Å². The number of rotatable bonds is 12. The second-order valence-electron chi connectivity index (χ2n) is 5.26. The van der Waals surface area contributed by atoms with Crippen molar-refractivity contribution in [3.8, 4) is 0 Å². The zero-order valence-electron chi connectivity index (χ0n) is 12.1. The van der Waals surface area contributed by atoms with E-state index in [1.807, 2.05) is 0 Å². The topological polar surface area (TPSA) is 0 Å². The van der Waals surface area contributed by atoms with Crippen LogP contribution in [0, 0.1) is 0 Å². The van der Waals surface area contributed by atoms with Crippen LogP contribution in [-0.4, -0.2) is 8.07 Å². The zero-order valence-corrected chi connectivity index (χ0v) is 13.1. The molecular formula is C16H32Si. The molecule has 0 rings (SSSR count). The maximum atomic E-state index is 4.09. The van der Waals surface area contributed by atoms with Crippen LogP contribution in [0.5, 0.6) is 0 Å². The fourth-order valence-electron chi connectivity index (χ4n) is 2.38. The molecule has 1 heteroatoms. The van der Waals surface area contributed by atoms with Crippen molar-refractivity contribution in [3.05, 3.63) is 24.6 Å². The van der Waals surface area contributed by atoms with E-state index in [0.29, 0.717) is 0 Å². The van der Waals surface area contributed by atoms with Crippen LogP contribution in [-0.2, 0) is 0 Å². The Morgan fingerprint density at radius 2 is 1.12 bits per heavy atom. The van der Waals surface area contributed by atoms with E-state index < -0.39 is 8.07 Å². The van der Waals surface area contributed by atoms with Gasteiger partial charge in [0.05, 0.1) is 0 Å². The van der Waals surface area contributed by atoms with E-state index in [1.165, 1.54) is 63.5 Å². The lowest BCUT2D eigenvalue weighted by Crippen LogP contribution is -2.29. The minimum Gasteiger partial charge on any atom is -0.107 e. The first-order valence-electron chi connectivity index (χ1n) is 7.52. The van der Waals surface area contributed by atoms with Gasteiger partial charge in [-0.15, -0.1) is 13.2 Å². The predicted octanol–water partition coefficient (Wildman–Crippen LogP) is 6.05. The average Bonchev–Trinajstić information content (AvgIpc) is 2.37. The van der Waals surface area contributed by atoms with Gasteiger partial charge in [0.15, 0.2) is 0 Å². The van der Waals surface area contributed by atoms with Gasteiger partial charge in [0, 0.05) is 0 Å². The summed E-state index contributed by atoms with van der Waals surface area (Å²) in [5.74, 6) is 0. The normalized spacial score (nSPS) is 11.4. The van der Waals surface area contributed by atoms with Gasteiger partial charge in [0.1, 0.15) is 8.07 Å². The van der Waals surface area contributed by atoms with Gasteiger partial charge in [-0.25, -0.2) is 0 Å². The van der Waals surface area contributed by atoms with Gasteiger partial charge >= 0.3 is 0 Å². The van der Waals surface area contributed by atoms with Crippen molar-refractivity contribution >= 4 is 8.07 Å². The molecule has 0 fully saturated rings. The second kappa shape index (κ2) is 10.8. The molecule has 0 bridgehead atoms. The van der Waals surface area contributed by atoms with Crippen LogP contribution < -0.4 is 0 Å². The monoisotopic (exact) mass is 252 g/mol. The van der Waals surface area contributed by atoms with Crippen LogP contribution in [0.1, 0.15) is 65.2 Å². The summed E-state index contributed by atoms with van der Waals surface area (Å²) in [7, 11) is -1.31. The lowest BCUT2D eigenvalue weighted by Gasteiger charge is -2.24. The molecule has 0 aromatic heterocycles. The number of unbranched alkanes of at least 4 members (excludes halogenated alkanes) is 6. The molecule has 0 saturated carbocycles. The van der Waals surface area contributed by atoms with Crippen LogP contribution in [0.25, 0.3) is 0 Å². The molecule has 0 atom stereocenters. The smallest absolute Gasteiger partial charge is 0.100 e. The number of hydrogen-bond acceptors (Lipinski definition) is 0. The summed E-state index contributed by atoms with van der Waals surface area (Å²) in [4.78, 5) is 0. The molecule has 0 aliphatic rings. The number of hydrogen-bond donors (Lipinski definition) is 0. The van der Waals surface area contributed by atoms with Crippen molar-refractivity contribution in [2.24, 2.45) is 0 Å². The Balaban J connectivity index is 3.93. The molecule has 0 aliphatic heterocycles. The Bertz CT molecular complexity index is 188. The predicted molar refractivity (Wildman–Crippen MR) is 84.0 cm³/mol. The minimum absolute atomic E-state index is 1.31. The highest BCUT2D eigenvalue weighted by molar-refractivity contribution is 6.88. The van der Waals surface area contributed by atoms with Gasteiger partial charge in [-0.1, -0.05) is 88.7 Å². The third-order valence-electron chi connectivity index (χ3n) is 3.80. The second-order valence-corrected chi connectivity index (χ2v) is 9.55. The third kappa shape index (κ3) is 7.59. The van der Waals surface area contributed by atoms with E-state index in [-0.39, 0.29) is 0 Å². The van der Waals surface area contributed by atoms with Gasteiger partial charge in [-0.05, 0) is 0 Å². The molecule has 17 heavy (non-hydrogen) atoms. The summed E-state index contributed by atoms with van der Waals surface area (Å²) in [6.45, 7) is 12.7. The molecule has 0 spiro atoms. The highest BCUT2D eigenvalue weighted by Gasteiger charge is 2.24. The maximum absolute atomic E-state index is 4.09. The first-order valence-corrected chi connectivity index (χ1v) is 10.1. The van der Waals surface area contributed by atoms with Gasteiger partial charge in [-0.3, -0.25) is 0 Å². The minimum atomic E-state index is -1.31. The van der Waals surface area contributed by atoms with E-state index in [0.717, 1.165) is 0 Å². The highest BCUT2D eigenvalue weighted by atomic mass is 28.3. The van der Waals surface area contributed by atoms with E-state index in [9.17, 15) is 0 Å². The highest BCUT2D eigenvalue weighted by Crippen LogP contribution is 2.25. The maximum Gasteiger partial charge on any atom is 0.100 e. The standard InChI is InChI=1S/C16H32Si/c1-5-9-11-12-14-16-17(7-3,8-4)15-13-10-6-2/h7-8H,3-6,9-16H2,1-2H3. The lowest BCUT2D eigenvalue weighted by atomic mass is 10.2. The summed E-state index contributed by atoms with van der Waals surface area (Å²) in [6.07, 6.45) is 11.0. The Morgan fingerprint density at radius 1 is 0.706 bits per heavy atom. The van der Waals surface area contributed by atoms with Gasteiger partial charge < -0.3 is 0 Å². The van der Waals surface area contributed by atoms with Crippen molar-refractivity contribution in [2.45, 2.75) is 77.3 Å². The Morgan fingerprint density at radius 3 is 1.59 bits per heavy atom. The summed E-state index contributed by atoms with van der Waals surface area (Å²) in [5, 5.41) is 0. The molecule has 100 valence electrons. The molecule has 0 unspecified atom stereocenters. The van der Waals surface area contributed by atoms with Crippen molar-refractivity contribution in [2.75, 3.05) is 0 Å². The van der Waals surface area contributed by atoms with Crippen molar-refractivity contribution < 1.29 is 0 Å².